The summed E-state index contributed by atoms with van der Waals surface area (Å²) in [6.45, 7) is 9.44. The lowest BCUT2D eigenvalue weighted by Crippen LogP contribution is -2.35. The maximum absolute atomic E-state index is 6.98. The van der Waals surface area contributed by atoms with E-state index < -0.39 is 0 Å². The highest BCUT2D eigenvalue weighted by Gasteiger charge is 2.40. The van der Waals surface area contributed by atoms with Gasteiger partial charge in [0.15, 0.2) is 0 Å². The Morgan fingerprint density at radius 1 is 1.00 bits per heavy atom. The molecule has 0 amide bonds. The zero-order valence-electron chi connectivity index (χ0n) is 15.4. The summed E-state index contributed by atoms with van der Waals surface area (Å²) in [5, 5.41) is 0. The fourth-order valence-corrected chi connectivity index (χ4v) is 3.69. The van der Waals surface area contributed by atoms with E-state index in [-0.39, 0.29) is 11.4 Å². The van der Waals surface area contributed by atoms with Gasteiger partial charge >= 0.3 is 5.95 Å². The van der Waals surface area contributed by atoms with E-state index in [4.69, 9.17) is 11.3 Å². The van der Waals surface area contributed by atoms with Crippen molar-refractivity contribution in [3.63, 3.8) is 0 Å². The Hall–Kier alpha value is -3.19. The van der Waals surface area contributed by atoms with Crippen LogP contribution < -0.4 is 4.74 Å². The lowest BCUT2D eigenvalue weighted by atomic mass is 9.60. The Balaban J connectivity index is 1.50. The Bertz CT molecular complexity index is 968. The van der Waals surface area contributed by atoms with Gasteiger partial charge in [0.1, 0.15) is 18.1 Å². The van der Waals surface area contributed by atoms with Crippen LogP contribution in [0.25, 0.3) is 4.85 Å². The van der Waals surface area contributed by atoms with Crippen LogP contribution in [0.4, 0.5) is 5.95 Å². The summed E-state index contributed by atoms with van der Waals surface area (Å²) < 4.78 is 5.84. The van der Waals surface area contributed by atoms with Gasteiger partial charge in [-0.25, -0.2) is 0 Å². The van der Waals surface area contributed by atoms with E-state index in [0.717, 1.165) is 5.75 Å². The molecule has 0 atom stereocenters. The van der Waals surface area contributed by atoms with E-state index in [1.165, 1.54) is 36.0 Å². The highest BCUT2D eigenvalue weighted by Crippen LogP contribution is 2.49. The van der Waals surface area contributed by atoms with Crippen molar-refractivity contribution in [3.05, 3.63) is 94.6 Å². The molecule has 0 aliphatic heterocycles. The molecule has 1 aliphatic rings. The Morgan fingerprint density at radius 2 is 1.67 bits per heavy atom. The highest BCUT2D eigenvalue weighted by molar-refractivity contribution is 5.44. The largest absolute Gasteiger partial charge is 0.486 e. The van der Waals surface area contributed by atoms with Crippen LogP contribution >= 0.6 is 0 Å². The lowest BCUT2D eigenvalue weighted by molar-refractivity contribution is 0.294. The van der Waals surface area contributed by atoms with E-state index >= 15 is 0 Å². The van der Waals surface area contributed by atoms with Crippen LogP contribution in [0.5, 0.6) is 5.75 Å². The molecule has 4 rings (SSSR count). The summed E-state index contributed by atoms with van der Waals surface area (Å²) >= 11 is 0. The smallest absolute Gasteiger partial charge is 0.371 e. The Kier molecular flexibility index (Phi) is 4.60. The first-order valence-electron chi connectivity index (χ1n) is 9.19. The minimum Gasteiger partial charge on any atom is -0.486 e. The predicted molar refractivity (Wildman–Crippen MR) is 105 cm³/mol. The van der Waals surface area contributed by atoms with Gasteiger partial charge in [-0.2, -0.15) is 9.97 Å². The van der Waals surface area contributed by atoms with Crippen LogP contribution in [0.2, 0.25) is 0 Å². The molecule has 1 aromatic heterocycles. The summed E-state index contributed by atoms with van der Waals surface area (Å²) in [5.41, 5.74) is 4.89. The number of aromatic nitrogens is 2. The van der Waals surface area contributed by atoms with E-state index in [2.05, 4.69) is 58.1 Å². The van der Waals surface area contributed by atoms with Gasteiger partial charge in [-0.05, 0) is 43.0 Å². The molecule has 0 bridgehead atoms. The zero-order chi connectivity index (χ0) is 18.7. The third-order valence-electron chi connectivity index (χ3n) is 5.41. The third kappa shape index (κ3) is 3.41. The van der Waals surface area contributed by atoms with E-state index in [1.54, 1.807) is 12.3 Å². The minimum absolute atomic E-state index is 0.142. The summed E-state index contributed by atoms with van der Waals surface area (Å²) in [6, 6.07) is 19.1. The molecular weight excluding hydrogens is 334 g/mol. The van der Waals surface area contributed by atoms with Crippen molar-refractivity contribution >= 4 is 5.95 Å². The molecule has 0 spiro atoms. The average molecular weight is 355 g/mol. The lowest BCUT2D eigenvalue weighted by Gasteiger charge is -2.43. The third-order valence-corrected chi connectivity index (χ3v) is 5.41. The molecule has 1 aliphatic carbocycles. The number of benzene rings is 2. The molecule has 4 heteroatoms. The van der Waals surface area contributed by atoms with Crippen LogP contribution in [0.1, 0.15) is 41.6 Å². The van der Waals surface area contributed by atoms with Gasteiger partial charge in [-0.3, -0.25) is 0 Å². The molecule has 0 N–H and O–H groups in total. The van der Waals surface area contributed by atoms with Gasteiger partial charge in [0, 0.05) is 11.5 Å². The van der Waals surface area contributed by atoms with Crippen molar-refractivity contribution in [2.24, 2.45) is 0 Å². The maximum atomic E-state index is 6.98. The summed E-state index contributed by atoms with van der Waals surface area (Å²) in [6.07, 6.45) is 5.24. The van der Waals surface area contributed by atoms with E-state index in [1.807, 2.05) is 12.1 Å². The van der Waals surface area contributed by atoms with Crippen molar-refractivity contribution < 1.29 is 4.74 Å². The van der Waals surface area contributed by atoms with Crippen LogP contribution in [0.3, 0.4) is 0 Å². The number of nitrogens with zero attached hydrogens (tertiary/aromatic N) is 3. The van der Waals surface area contributed by atoms with Crippen molar-refractivity contribution in [2.45, 2.75) is 38.2 Å². The van der Waals surface area contributed by atoms with Crippen molar-refractivity contribution in [1.82, 2.24) is 9.97 Å². The predicted octanol–water partition coefficient (Wildman–Crippen LogP) is 5.38. The standard InChI is InChI=1S/C23H21N3O/c1-17-4-6-18(7-5-17)23(13-3-14-23)19-8-10-21(11-9-19)27-16-20-12-15-25-22(24-2)26-20/h4-12,15H,3,13-14,16H2,1H3. The second-order valence-electron chi connectivity index (χ2n) is 7.07. The number of hydrogen-bond acceptors (Lipinski definition) is 3. The van der Waals surface area contributed by atoms with Crippen LogP contribution in [-0.2, 0) is 12.0 Å². The van der Waals surface area contributed by atoms with Crippen LogP contribution in [0.15, 0.2) is 60.8 Å². The summed E-state index contributed by atoms with van der Waals surface area (Å²) in [7, 11) is 0. The fourth-order valence-electron chi connectivity index (χ4n) is 3.69. The second-order valence-corrected chi connectivity index (χ2v) is 7.07. The van der Waals surface area contributed by atoms with Gasteiger partial charge in [0.2, 0.25) is 0 Å². The van der Waals surface area contributed by atoms with Crippen molar-refractivity contribution in [1.29, 1.82) is 0 Å². The van der Waals surface area contributed by atoms with Crippen LogP contribution in [-0.4, -0.2) is 9.97 Å². The monoisotopic (exact) mass is 355 g/mol. The van der Waals surface area contributed by atoms with Gasteiger partial charge < -0.3 is 9.58 Å². The zero-order valence-corrected chi connectivity index (χ0v) is 15.4. The normalized spacial score (nSPS) is 14.8. The van der Waals surface area contributed by atoms with Crippen molar-refractivity contribution in [3.8, 4) is 5.75 Å². The molecule has 134 valence electrons. The number of rotatable bonds is 5. The first-order valence-corrected chi connectivity index (χ1v) is 9.19. The first kappa shape index (κ1) is 17.2. The molecular formula is C23H21N3O. The van der Waals surface area contributed by atoms with Crippen molar-refractivity contribution in [2.75, 3.05) is 0 Å². The summed E-state index contributed by atoms with van der Waals surface area (Å²) in [4.78, 5) is 11.3. The highest BCUT2D eigenvalue weighted by atomic mass is 16.5. The van der Waals surface area contributed by atoms with Crippen LogP contribution in [0, 0.1) is 13.5 Å². The SMILES string of the molecule is [C-]#[N+]c1nccc(COc2ccc(C3(c4ccc(C)cc4)CCC3)cc2)n1. The Morgan fingerprint density at radius 3 is 2.26 bits per heavy atom. The molecule has 0 unspecified atom stereocenters. The average Bonchev–Trinajstić information content (AvgIpc) is 2.68. The van der Waals surface area contributed by atoms with Gasteiger partial charge in [0.05, 0.1) is 6.20 Å². The maximum Gasteiger partial charge on any atom is 0.371 e. The topological polar surface area (TPSA) is 39.4 Å². The molecule has 27 heavy (non-hydrogen) atoms. The van der Waals surface area contributed by atoms with E-state index in [9.17, 15) is 0 Å². The number of ether oxygens (including phenoxy) is 1. The molecule has 1 heterocycles. The molecule has 4 nitrogen and oxygen atoms in total. The summed E-state index contributed by atoms with van der Waals surface area (Å²) in [5.74, 6) is 0.955. The van der Waals surface area contributed by atoms with E-state index in [0.29, 0.717) is 12.3 Å². The molecule has 3 aromatic rings. The quantitative estimate of drug-likeness (QED) is 0.577. The second kappa shape index (κ2) is 7.20. The molecule has 2 aromatic carbocycles. The minimum atomic E-state index is 0.142. The van der Waals surface area contributed by atoms with Gasteiger partial charge in [-0.1, -0.05) is 48.4 Å². The molecule has 1 saturated carbocycles. The number of hydrogen-bond donors (Lipinski definition) is 0. The Labute approximate surface area is 159 Å². The molecule has 1 fully saturated rings. The fraction of sp³-hybridized carbons (Fsp3) is 0.261. The number of aryl methyl sites for hydroxylation is 1. The van der Waals surface area contributed by atoms with Gasteiger partial charge in [-0.15, -0.1) is 6.57 Å². The first-order chi connectivity index (χ1) is 13.2. The van der Waals surface area contributed by atoms with Gasteiger partial charge in [0.25, 0.3) is 0 Å². The molecule has 0 radical (unpaired) electrons. The molecule has 0 saturated heterocycles.